The van der Waals surface area contributed by atoms with E-state index in [1.807, 2.05) is 0 Å². The van der Waals surface area contributed by atoms with Crippen LogP contribution in [0.4, 0.5) is 13.2 Å². The molecule has 1 fully saturated rings. The van der Waals surface area contributed by atoms with Gasteiger partial charge in [0.05, 0.1) is 5.56 Å². The molecule has 20 heavy (non-hydrogen) atoms. The molecule has 1 aromatic carbocycles. The Bertz CT molecular complexity index is 545. The molecule has 0 bridgehead atoms. The van der Waals surface area contributed by atoms with Gasteiger partial charge in [-0.15, -0.1) is 0 Å². The number of benzene rings is 1. The van der Waals surface area contributed by atoms with Gasteiger partial charge >= 0.3 is 6.18 Å². The number of carbonyl (C=O) groups is 1. The number of piperidine rings is 1. The van der Waals surface area contributed by atoms with Crippen LogP contribution in [0.15, 0.2) is 24.3 Å². The molecule has 0 saturated carbocycles. The van der Waals surface area contributed by atoms with E-state index in [-0.39, 0.29) is 18.4 Å². The summed E-state index contributed by atoms with van der Waals surface area (Å²) in [4.78, 5) is 21.7. The van der Waals surface area contributed by atoms with Crippen molar-refractivity contribution in [2.75, 3.05) is 0 Å². The van der Waals surface area contributed by atoms with Gasteiger partial charge in [-0.05, 0) is 11.6 Å². The van der Waals surface area contributed by atoms with Gasteiger partial charge in [-0.2, -0.15) is 13.2 Å². The average Bonchev–Trinajstić information content (AvgIpc) is 2.37. The number of alkyl halides is 3. The summed E-state index contributed by atoms with van der Waals surface area (Å²) >= 11 is 0. The minimum absolute atomic E-state index is 0.0592. The molecular weight excluding hydrogens is 277 g/mol. The highest BCUT2D eigenvalue weighted by Gasteiger charge is 2.43. The largest absolute Gasteiger partial charge is 0.416 e. The third kappa shape index (κ3) is 2.73. The van der Waals surface area contributed by atoms with Gasteiger partial charge in [0, 0.05) is 17.8 Å². The van der Waals surface area contributed by atoms with Crippen LogP contribution >= 0.6 is 0 Å². The zero-order chi connectivity index (χ0) is 14.9. The lowest BCUT2D eigenvalue weighted by atomic mass is 9.89. The Labute approximate surface area is 111 Å². The van der Waals surface area contributed by atoms with Gasteiger partial charge in [-0.1, -0.05) is 18.2 Å². The monoisotopic (exact) mass is 288 g/mol. The minimum atomic E-state index is -4.63. The van der Waals surface area contributed by atoms with Crippen LogP contribution in [0.25, 0.3) is 0 Å². The molecule has 0 aromatic heterocycles. The molecule has 1 heterocycles. The highest BCUT2D eigenvalue weighted by atomic mass is 19.4. The number of hydrogen-bond acceptors (Lipinski definition) is 3. The Balaban J connectivity index is 2.47. The summed E-state index contributed by atoms with van der Waals surface area (Å²) in [6.07, 6.45) is -4.76. The standard InChI is InChI=1S/C12H11F3N2O3/c13-12(14,15)8-4-2-1-3-7(8)11-9(17(19)20)5-6-10(18)16-11/h1-4,9,11H,5-6H2,(H,16,18)/t9-,11+/m1/s1. The van der Waals surface area contributed by atoms with Crippen molar-refractivity contribution in [1.29, 1.82) is 0 Å². The van der Waals surface area contributed by atoms with Gasteiger partial charge < -0.3 is 5.32 Å². The molecule has 1 aliphatic rings. The van der Waals surface area contributed by atoms with E-state index in [9.17, 15) is 28.1 Å². The number of carbonyl (C=O) groups excluding carboxylic acids is 1. The van der Waals surface area contributed by atoms with Gasteiger partial charge in [0.1, 0.15) is 6.04 Å². The summed E-state index contributed by atoms with van der Waals surface area (Å²) in [5.74, 6) is -0.481. The quantitative estimate of drug-likeness (QED) is 0.670. The van der Waals surface area contributed by atoms with E-state index in [2.05, 4.69) is 5.32 Å². The highest BCUT2D eigenvalue weighted by molar-refractivity contribution is 5.77. The Morgan fingerprint density at radius 3 is 2.55 bits per heavy atom. The summed E-state index contributed by atoms with van der Waals surface area (Å²) in [6, 6.07) is 2.07. The van der Waals surface area contributed by atoms with Crippen molar-refractivity contribution < 1.29 is 22.9 Å². The number of halogens is 3. The molecule has 0 aliphatic carbocycles. The normalized spacial score (nSPS) is 23.2. The van der Waals surface area contributed by atoms with Crippen LogP contribution < -0.4 is 5.32 Å². The molecule has 8 heteroatoms. The Hall–Kier alpha value is -2.12. The fourth-order valence-electron chi connectivity index (χ4n) is 2.33. The van der Waals surface area contributed by atoms with Crippen LogP contribution in [0, 0.1) is 10.1 Å². The molecule has 2 rings (SSSR count). The minimum Gasteiger partial charge on any atom is -0.343 e. The molecule has 0 radical (unpaired) electrons. The maximum atomic E-state index is 12.9. The van der Waals surface area contributed by atoms with Crippen molar-refractivity contribution in [3.05, 3.63) is 45.5 Å². The van der Waals surface area contributed by atoms with Crippen LogP contribution in [0.2, 0.25) is 0 Å². The topological polar surface area (TPSA) is 72.2 Å². The average molecular weight is 288 g/mol. The molecule has 1 saturated heterocycles. The van der Waals surface area contributed by atoms with Gasteiger partial charge in [0.25, 0.3) is 0 Å². The van der Waals surface area contributed by atoms with Gasteiger partial charge in [-0.25, -0.2) is 0 Å². The molecular formula is C12H11F3N2O3. The fourth-order valence-corrected chi connectivity index (χ4v) is 2.33. The van der Waals surface area contributed by atoms with E-state index < -0.39 is 34.7 Å². The number of amides is 1. The van der Waals surface area contributed by atoms with Crippen LogP contribution in [0.3, 0.4) is 0 Å². The number of hydrogen-bond donors (Lipinski definition) is 1. The summed E-state index contributed by atoms with van der Waals surface area (Å²) in [7, 11) is 0. The Morgan fingerprint density at radius 1 is 1.30 bits per heavy atom. The molecule has 5 nitrogen and oxygen atoms in total. The number of nitrogens with one attached hydrogen (secondary N) is 1. The zero-order valence-corrected chi connectivity index (χ0v) is 10.2. The summed E-state index contributed by atoms with van der Waals surface area (Å²) in [6.45, 7) is 0. The lowest BCUT2D eigenvalue weighted by molar-refractivity contribution is -0.529. The first-order valence-electron chi connectivity index (χ1n) is 5.89. The van der Waals surface area contributed by atoms with E-state index in [1.165, 1.54) is 12.1 Å². The van der Waals surface area contributed by atoms with Crippen molar-refractivity contribution in [3.8, 4) is 0 Å². The molecule has 1 aliphatic heterocycles. The first-order chi connectivity index (χ1) is 9.30. The maximum absolute atomic E-state index is 12.9. The van der Waals surface area contributed by atoms with E-state index in [0.717, 1.165) is 12.1 Å². The van der Waals surface area contributed by atoms with Crippen molar-refractivity contribution >= 4 is 5.91 Å². The number of rotatable bonds is 2. The SMILES string of the molecule is O=C1CC[C@@H]([N+](=O)[O-])[C@H](c2ccccc2C(F)(F)F)N1. The fraction of sp³-hybridized carbons (Fsp3) is 0.417. The molecule has 1 N–H and O–H groups in total. The van der Waals surface area contributed by atoms with Crippen LogP contribution in [-0.4, -0.2) is 16.9 Å². The van der Waals surface area contributed by atoms with E-state index in [1.54, 1.807) is 0 Å². The van der Waals surface area contributed by atoms with Crippen molar-refractivity contribution in [2.45, 2.75) is 31.1 Å². The zero-order valence-electron chi connectivity index (χ0n) is 10.2. The van der Waals surface area contributed by atoms with Crippen LogP contribution in [0.1, 0.15) is 30.0 Å². The second-order valence-corrected chi connectivity index (χ2v) is 4.52. The van der Waals surface area contributed by atoms with E-state index in [0.29, 0.717) is 0 Å². The van der Waals surface area contributed by atoms with Crippen LogP contribution in [0.5, 0.6) is 0 Å². The summed E-state index contributed by atoms with van der Waals surface area (Å²) in [5.41, 5.74) is -1.23. The Kier molecular flexibility index (Phi) is 3.65. The number of nitrogens with zero attached hydrogens (tertiary/aromatic N) is 1. The van der Waals surface area contributed by atoms with Gasteiger partial charge in [0.2, 0.25) is 11.9 Å². The van der Waals surface area contributed by atoms with Crippen molar-refractivity contribution in [1.82, 2.24) is 5.32 Å². The summed E-state index contributed by atoms with van der Waals surface area (Å²) in [5, 5.41) is 13.3. The highest BCUT2D eigenvalue weighted by Crippen LogP contribution is 2.37. The predicted molar refractivity (Wildman–Crippen MR) is 62.3 cm³/mol. The molecule has 2 atom stereocenters. The van der Waals surface area contributed by atoms with Gasteiger partial charge in [0.15, 0.2) is 0 Å². The first kappa shape index (κ1) is 14.3. The third-order valence-electron chi connectivity index (χ3n) is 3.24. The smallest absolute Gasteiger partial charge is 0.343 e. The number of nitro groups is 1. The van der Waals surface area contributed by atoms with E-state index >= 15 is 0 Å². The van der Waals surface area contributed by atoms with Crippen molar-refractivity contribution in [3.63, 3.8) is 0 Å². The first-order valence-corrected chi connectivity index (χ1v) is 5.89. The second kappa shape index (κ2) is 5.10. The molecule has 0 unspecified atom stereocenters. The Morgan fingerprint density at radius 2 is 1.95 bits per heavy atom. The van der Waals surface area contributed by atoms with E-state index in [4.69, 9.17) is 0 Å². The second-order valence-electron chi connectivity index (χ2n) is 4.52. The molecule has 0 spiro atoms. The molecule has 1 amide bonds. The maximum Gasteiger partial charge on any atom is 0.416 e. The summed E-state index contributed by atoms with van der Waals surface area (Å²) < 4.78 is 38.8. The predicted octanol–water partition coefficient (Wildman–Crippen LogP) is 2.30. The van der Waals surface area contributed by atoms with Crippen molar-refractivity contribution in [2.24, 2.45) is 0 Å². The molecule has 108 valence electrons. The van der Waals surface area contributed by atoms with Gasteiger partial charge in [-0.3, -0.25) is 14.9 Å². The third-order valence-corrected chi connectivity index (χ3v) is 3.24. The molecule has 1 aromatic rings. The van der Waals surface area contributed by atoms with Crippen LogP contribution in [-0.2, 0) is 11.0 Å². The lowest BCUT2D eigenvalue weighted by Gasteiger charge is -2.28. The lowest BCUT2D eigenvalue weighted by Crippen LogP contribution is -2.45.